The number of hydrogen-bond donors (Lipinski definition) is 1. The Morgan fingerprint density at radius 3 is 2.76 bits per heavy atom. The van der Waals surface area contributed by atoms with Gasteiger partial charge in [0.15, 0.2) is 5.82 Å². The van der Waals surface area contributed by atoms with E-state index in [1.165, 1.54) is 6.07 Å². The first-order valence-electron chi connectivity index (χ1n) is 16.6. The van der Waals surface area contributed by atoms with Gasteiger partial charge in [0, 0.05) is 37.7 Å². The standard InChI is InChI=1S/C35H39F3N6O2/c1-4-22-17-44-25(15-39-22)26(5-2)46-33-28-31(29(38)30(40-33)23-9-6-8-20-10-11-24(37)19(3)27(20)23)41-34(42-32(28)44)45-18-35-12-7-13-43(35)16-21(36)14-35/h6,8-11,21-22,25-26,39H,4-5,7,12-18H2,1-3H3/t21-,22-,25+,26+,35+/m1/s1. The number of piperazine rings is 1. The molecule has 4 aromatic rings. The molecule has 0 bridgehead atoms. The zero-order chi connectivity index (χ0) is 31.7. The Labute approximate surface area is 266 Å². The highest BCUT2D eigenvalue weighted by atomic mass is 19.1. The summed E-state index contributed by atoms with van der Waals surface area (Å²) in [6, 6.07) is 8.74. The Morgan fingerprint density at radius 1 is 1.07 bits per heavy atom. The molecule has 0 amide bonds. The van der Waals surface area contributed by atoms with Crippen molar-refractivity contribution in [2.75, 3.05) is 37.7 Å². The largest absolute Gasteiger partial charge is 0.472 e. The lowest BCUT2D eigenvalue weighted by Gasteiger charge is -2.42. The van der Waals surface area contributed by atoms with Crippen molar-refractivity contribution in [3.05, 3.63) is 47.5 Å². The Hall–Kier alpha value is -3.70. The van der Waals surface area contributed by atoms with Gasteiger partial charge in [0.1, 0.15) is 47.1 Å². The lowest BCUT2D eigenvalue weighted by atomic mass is 9.95. The van der Waals surface area contributed by atoms with E-state index in [4.69, 9.17) is 19.4 Å². The lowest BCUT2D eigenvalue weighted by Crippen LogP contribution is -2.61. The van der Waals surface area contributed by atoms with Gasteiger partial charge in [-0.2, -0.15) is 9.97 Å². The number of aryl methyl sites for hydroxylation is 1. The third-order valence-electron chi connectivity index (χ3n) is 10.7. The molecule has 8 nitrogen and oxygen atoms in total. The van der Waals surface area contributed by atoms with E-state index in [9.17, 15) is 8.78 Å². The monoisotopic (exact) mass is 632 g/mol. The molecule has 3 fully saturated rings. The summed E-state index contributed by atoms with van der Waals surface area (Å²) in [5.74, 6) is -0.236. The van der Waals surface area contributed by atoms with Crippen molar-refractivity contribution in [3.63, 3.8) is 0 Å². The molecule has 46 heavy (non-hydrogen) atoms. The summed E-state index contributed by atoms with van der Waals surface area (Å²) >= 11 is 0. The summed E-state index contributed by atoms with van der Waals surface area (Å²) in [5, 5.41) is 5.40. The maximum Gasteiger partial charge on any atom is 0.319 e. The maximum absolute atomic E-state index is 17.1. The van der Waals surface area contributed by atoms with Gasteiger partial charge < -0.3 is 19.7 Å². The molecule has 8 rings (SSSR count). The summed E-state index contributed by atoms with van der Waals surface area (Å²) in [5.41, 5.74) is 0.540. The van der Waals surface area contributed by atoms with E-state index in [1.54, 1.807) is 19.1 Å². The summed E-state index contributed by atoms with van der Waals surface area (Å²) in [6.07, 6.45) is 2.68. The lowest BCUT2D eigenvalue weighted by molar-refractivity contribution is 0.107. The summed E-state index contributed by atoms with van der Waals surface area (Å²) in [6.45, 7) is 8.68. The second-order valence-corrected chi connectivity index (χ2v) is 13.4. The first-order valence-corrected chi connectivity index (χ1v) is 16.6. The van der Waals surface area contributed by atoms with Crippen LogP contribution in [-0.4, -0.2) is 82.5 Å². The molecular weight excluding hydrogens is 593 g/mol. The second kappa shape index (κ2) is 11.2. The van der Waals surface area contributed by atoms with Gasteiger partial charge in [-0.15, -0.1) is 0 Å². The summed E-state index contributed by atoms with van der Waals surface area (Å²) < 4.78 is 59.4. The van der Waals surface area contributed by atoms with Crippen LogP contribution in [0.15, 0.2) is 30.3 Å². The normalized spacial score (nSPS) is 27.5. The molecule has 11 heteroatoms. The van der Waals surface area contributed by atoms with Gasteiger partial charge in [-0.25, -0.2) is 18.2 Å². The number of halogens is 3. The molecule has 1 N–H and O–H groups in total. The zero-order valence-electron chi connectivity index (χ0n) is 26.5. The molecule has 2 aromatic carbocycles. The Kier molecular flexibility index (Phi) is 7.24. The Morgan fingerprint density at radius 2 is 1.93 bits per heavy atom. The van der Waals surface area contributed by atoms with E-state index in [0.717, 1.165) is 31.2 Å². The first-order chi connectivity index (χ1) is 22.3. The van der Waals surface area contributed by atoms with Crippen LogP contribution < -0.4 is 19.7 Å². The van der Waals surface area contributed by atoms with Gasteiger partial charge in [-0.3, -0.25) is 4.90 Å². The molecule has 6 heterocycles. The number of nitrogens with zero attached hydrogens (tertiary/aromatic N) is 5. The number of alkyl halides is 1. The molecule has 0 aliphatic carbocycles. The molecule has 0 radical (unpaired) electrons. The molecule has 3 saturated heterocycles. The number of anilines is 1. The van der Waals surface area contributed by atoms with E-state index in [2.05, 4.69) is 33.9 Å². The molecule has 2 aromatic heterocycles. The fraction of sp³-hybridized carbons (Fsp3) is 0.514. The number of pyridine rings is 1. The highest BCUT2D eigenvalue weighted by Crippen LogP contribution is 2.45. The van der Waals surface area contributed by atoms with Gasteiger partial charge in [0.25, 0.3) is 0 Å². The molecule has 4 aliphatic rings. The van der Waals surface area contributed by atoms with E-state index in [1.807, 2.05) is 12.1 Å². The topological polar surface area (TPSA) is 75.6 Å². The number of aromatic nitrogens is 3. The van der Waals surface area contributed by atoms with Crippen LogP contribution >= 0.6 is 0 Å². The molecule has 0 spiro atoms. The van der Waals surface area contributed by atoms with Crippen molar-refractivity contribution in [2.24, 2.45) is 0 Å². The summed E-state index contributed by atoms with van der Waals surface area (Å²) in [7, 11) is 0. The minimum Gasteiger partial charge on any atom is -0.472 e. The predicted octanol–water partition coefficient (Wildman–Crippen LogP) is 6.11. The average molecular weight is 633 g/mol. The minimum atomic E-state index is -0.899. The molecule has 0 unspecified atom stereocenters. The average Bonchev–Trinajstić information content (AvgIpc) is 3.55. The van der Waals surface area contributed by atoms with Gasteiger partial charge >= 0.3 is 6.01 Å². The number of ether oxygens (including phenoxy) is 2. The fourth-order valence-corrected chi connectivity index (χ4v) is 8.28. The minimum absolute atomic E-state index is 0.0355. The quantitative estimate of drug-likeness (QED) is 0.273. The second-order valence-electron chi connectivity index (χ2n) is 13.4. The van der Waals surface area contributed by atoms with Crippen LogP contribution in [0.3, 0.4) is 0 Å². The van der Waals surface area contributed by atoms with E-state index >= 15 is 4.39 Å². The van der Waals surface area contributed by atoms with Crippen molar-refractivity contribution in [2.45, 2.75) is 82.8 Å². The maximum atomic E-state index is 17.1. The van der Waals surface area contributed by atoms with Gasteiger partial charge in [-0.1, -0.05) is 38.1 Å². The number of nitrogens with one attached hydrogen (secondary N) is 1. The van der Waals surface area contributed by atoms with E-state index in [0.29, 0.717) is 60.2 Å². The number of rotatable bonds is 6. The molecule has 4 aliphatic heterocycles. The highest BCUT2D eigenvalue weighted by Gasteiger charge is 2.49. The van der Waals surface area contributed by atoms with E-state index < -0.39 is 17.5 Å². The van der Waals surface area contributed by atoms with Crippen LogP contribution in [-0.2, 0) is 0 Å². The van der Waals surface area contributed by atoms with Crippen molar-refractivity contribution in [1.82, 2.24) is 25.2 Å². The Balaban J connectivity index is 1.33. The third-order valence-corrected chi connectivity index (χ3v) is 10.7. The number of fused-ring (bicyclic) bond motifs is 4. The fourth-order valence-electron chi connectivity index (χ4n) is 8.28. The Bertz CT molecular complexity index is 1840. The van der Waals surface area contributed by atoms with Crippen molar-refractivity contribution in [3.8, 4) is 23.1 Å². The van der Waals surface area contributed by atoms with Crippen LogP contribution in [0.25, 0.3) is 32.9 Å². The van der Waals surface area contributed by atoms with Gasteiger partial charge in [0.2, 0.25) is 5.88 Å². The van der Waals surface area contributed by atoms with Crippen molar-refractivity contribution >= 4 is 27.5 Å². The summed E-state index contributed by atoms with van der Waals surface area (Å²) in [4.78, 5) is 18.8. The van der Waals surface area contributed by atoms with Crippen LogP contribution in [0.1, 0.15) is 51.5 Å². The van der Waals surface area contributed by atoms with Gasteiger partial charge in [0.05, 0.1) is 11.6 Å². The smallest absolute Gasteiger partial charge is 0.319 e. The molecule has 5 atom stereocenters. The van der Waals surface area contributed by atoms with Crippen LogP contribution in [0, 0.1) is 18.6 Å². The third kappa shape index (κ3) is 4.60. The van der Waals surface area contributed by atoms with Gasteiger partial charge in [-0.05, 0) is 61.6 Å². The van der Waals surface area contributed by atoms with Crippen molar-refractivity contribution < 1.29 is 22.6 Å². The molecule has 0 saturated carbocycles. The van der Waals surface area contributed by atoms with E-state index in [-0.39, 0.29) is 53.7 Å². The highest BCUT2D eigenvalue weighted by molar-refractivity contribution is 6.02. The molecule has 242 valence electrons. The van der Waals surface area contributed by atoms with Crippen molar-refractivity contribution in [1.29, 1.82) is 0 Å². The SMILES string of the molecule is CC[C@@H]1CN2c3nc(OC[C@@]45CCCN4C[C@H](F)C5)nc4c(F)c(-c5cccc6ccc(F)c(C)c56)nc(c34)O[C@@H](CC)[C@@H]2CN1. The zero-order valence-corrected chi connectivity index (χ0v) is 26.5. The van der Waals surface area contributed by atoms with Crippen LogP contribution in [0.4, 0.5) is 19.0 Å². The predicted molar refractivity (Wildman–Crippen MR) is 171 cm³/mol. The molecular formula is C35H39F3N6O2. The first kappa shape index (κ1) is 29.7. The van der Waals surface area contributed by atoms with Crippen LogP contribution in [0.2, 0.25) is 0 Å². The number of benzene rings is 2. The number of hydrogen-bond acceptors (Lipinski definition) is 8. The van der Waals surface area contributed by atoms with Crippen LogP contribution in [0.5, 0.6) is 11.9 Å².